The van der Waals surface area contributed by atoms with Crippen molar-refractivity contribution in [2.24, 2.45) is 0 Å². The Kier molecular flexibility index (Phi) is 5.85. The molecule has 2 fully saturated rings. The minimum atomic E-state index is -4.64. The number of ether oxygens (including phenoxy) is 1. The molecule has 2 aliphatic rings. The maximum absolute atomic E-state index is 14.4. The van der Waals surface area contributed by atoms with Crippen LogP contribution in [-0.2, 0) is 15.7 Å². The van der Waals surface area contributed by atoms with Crippen molar-refractivity contribution >= 4 is 23.5 Å². The van der Waals surface area contributed by atoms with Crippen LogP contribution in [0, 0.1) is 5.82 Å². The second-order valence-corrected chi connectivity index (χ2v) is 9.64. The van der Waals surface area contributed by atoms with Crippen LogP contribution in [0.15, 0.2) is 47.5 Å². The highest BCUT2D eigenvalue weighted by molar-refractivity contribution is 8.00. The first-order valence-electron chi connectivity index (χ1n) is 10.7. The number of aromatic nitrogens is 3. The Morgan fingerprint density at radius 2 is 1.79 bits per heavy atom. The van der Waals surface area contributed by atoms with Crippen molar-refractivity contribution in [2.75, 3.05) is 36.9 Å². The molecule has 3 aromatic rings. The number of thioether (sulfide) groups is 1. The lowest BCUT2D eigenvalue weighted by atomic mass is 10.0. The number of morpholine rings is 1. The smallest absolute Gasteiger partial charge is 0.384 e. The molecule has 11 heteroatoms. The third kappa shape index (κ3) is 4.54. The van der Waals surface area contributed by atoms with Crippen molar-refractivity contribution in [3.8, 4) is 11.3 Å². The minimum absolute atomic E-state index is 0.103. The maximum atomic E-state index is 14.4. The first kappa shape index (κ1) is 22.9. The van der Waals surface area contributed by atoms with Gasteiger partial charge in [-0.05, 0) is 37.1 Å². The largest absolute Gasteiger partial charge is 0.417 e. The molecule has 0 bridgehead atoms. The van der Waals surface area contributed by atoms with Crippen molar-refractivity contribution in [2.45, 2.75) is 28.7 Å². The molecular formula is C23H21F4N5OS. The molecule has 0 radical (unpaired) electrons. The second kappa shape index (κ2) is 8.70. The molecule has 34 heavy (non-hydrogen) atoms. The van der Waals surface area contributed by atoms with E-state index in [9.17, 15) is 17.6 Å². The van der Waals surface area contributed by atoms with E-state index >= 15 is 0 Å². The van der Waals surface area contributed by atoms with Gasteiger partial charge in [-0.25, -0.2) is 19.3 Å². The molecule has 6 nitrogen and oxygen atoms in total. The van der Waals surface area contributed by atoms with Crippen molar-refractivity contribution in [3.63, 3.8) is 0 Å². The normalized spacial score (nSPS) is 17.6. The topological polar surface area (TPSA) is 77.2 Å². The summed E-state index contributed by atoms with van der Waals surface area (Å²) in [6, 6.07) is 8.82. The average Bonchev–Trinajstić information content (AvgIpc) is 3.61. The number of rotatable bonds is 5. The van der Waals surface area contributed by atoms with Crippen LogP contribution >= 0.6 is 11.8 Å². The minimum Gasteiger partial charge on any atom is -0.384 e. The van der Waals surface area contributed by atoms with Gasteiger partial charge in [0.1, 0.15) is 11.6 Å². The van der Waals surface area contributed by atoms with E-state index in [0.29, 0.717) is 42.8 Å². The molecule has 1 saturated heterocycles. The Hall–Kier alpha value is -2.92. The number of nitrogens with two attached hydrogens (primary N) is 1. The van der Waals surface area contributed by atoms with Gasteiger partial charge in [-0.2, -0.15) is 13.2 Å². The van der Waals surface area contributed by atoms with Crippen molar-refractivity contribution in [1.29, 1.82) is 0 Å². The number of nitrogen functional groups attached to an aromatic ring is 1. The van der Waals surface area contributed by atoms with E-state index in [1.165, 1.54) is 17.8 Å². The zero-order valence-corrected chi connectivity index (χ0v) is 18.8. The molecule has 1 saturated carbocycles. The van der Waals surface area contributed by atoms with E-state index < -0.39 is 16.5 Å². The molecule has 2 N–H and O–H groups in total. The predicted octanol–water partition coefficient (Wildman–Crippen LogP) is 4.90. The molecule has 0 spiro atoms. The summed E-state index contributed by atoms with van der Waals surface area (Å²) < 4.78 is 60.8. The summed E-state index contributed by atoms with van der Waals surface area (Å²) in [7, 11) is 0. The van der Waals surface area contributed by atoms with Crippen LogP contribution in [0.2, 0.25) is 0 Å². The fraction of sp³-hybridized carbons (Fsp3) is 0.348. The highest BCUT2D eigenvalue weighted by Gasteiger charge is 2.48. The summed E-state index contributed by atoms with van der Waals surface area (Å²) in [5, 5.41) is 0. The van der Waals surface area contributed by atoms with Crippen LogP contribution < -0.4 is 10.6 Å². The molecule has 2 aromatic heterocycles. The van der Waals surface area contributed by atoms with Crippen LogP contribution in [-0.4, -0.2) is 41.3 Å². The Morgan fingerprint density at radius 1 is 1.06 bits per heavy atom. The van der Waals surface area contributed by atoms with Gasteiger partial charge >= 0.3 is 6.18 Å². The number of pyridine rings is 1. The SMILES string of the molecule is Nc1cc(C(F)(F)F)c(-c2cc(C3(Sc4ccccc4F)CC3)nc(N3CCOCC3)n2)cn1. The Labute approximate surface area is 197 Å². The first-order valence-corrected chi connectivity index (χ1v) is 11.6. The number of hydrogen-bond acceptors (Lipinski definition) is 7. The summed E-state index contributed by atoms with van der Waals surface area (Å²) in [5.74, 6) is -0.253. The van der Waals surface area contributed by atoms with Crippen LogP contribution in [0.5, 0.6) is 0 Å². The van der Waals surface area contributed by atoms with Gasteiger partial charge in [0.15, 0.2) is 0 Å². The molecule has 0 unspecified atom stereocenters. The van der Waals surface area contributed by atoms with E-state index in [0.717, 1.165) is 25.1 Å². The first-order chi connectivity index (χ1) is 16.2. The van der Waals surface area contributed by atoms with Crippen LogP contribution in [0.1, 0.15) is 24.1 Å². The quantitative estimate of drug-likeness (QED) is 0.509. The van der Waals surface area contributed by atoms with Gasteiger partial charge in [-0.1, -0.05) is 12.1 Å². The summed E-state index contributed by atoms with van der Waals surface area (Å²) in [5.41, 5.74) is 5.14. The lowest BCUT2D eigenvalue weighted by Crippen LogP contribution is -2.37. The fourth-order valence-corrected chi connectivity index (χ4v) is 5.13. The maximum Gasteiger partial charge on any atom is 0.417 e. The lowest BCUT2D eigenvalue weighted by molar-refractivity contribution is -0.137. The van der Waals surface area contributed by atoms with Crippen molar-refractivity contribution < 1.29 is 22.3 Å². The Morgan fingerprint density at radius 3 is 2.47 bits per heavy atom. The van der Waals surface area contributed by atoms with E-state index in [-0.39, 0.29) is 22.9 Å². The summed E-state index contributed by atoms with van der Waals surface area (Å²) in [6.45, 7) is 1.97. The van der Waals surface area contributed by atoms with E-state index in [1.807, 2.05) is 4.90 Å². The molecule has 3 heterocycles. The van der Waals surface area contributed by atoms with Gasteiger partial charge in [0, 0.05) is 29.7 Å². The van der Waals surface area contributed by atoms with Crippen molar-refractivity contribution in [1.82, 2.24) is 15.0 Å². The number of halogens is 4. The van der Waals surface area contributed by atoms with Gasteiger partial charge in [-0.3, -0.25) is 0 Å². The molecule has 1 aliphatic carbocycles. The molecule has 0 amide bonds. The molecule has 0 atom stereocenters. The zero-order chi connectivity index (χ0) is 23.9. The zero-order valence-electron chi connectivity index (χ0n) is 18.0. The van der Waals surface area contributed by atoms with E-state index in [4.69, 9.17) is 15.5 Å². The third-order valence-corrected chi connectivity index (χ3v) is 7.39. The Balaban J connectivity index is 1.63. The molecule has 178 valence electrons. The van der Waals surface area contributed by atoms with Crippen LogP contribution in [0.3, 0.4) is 0 Å². The number of anilines is 2. The number of hydrogen-bond donors (Lipinski definition) is 1. The number of alkyl halides is 3. The summed E-state index contributed by atoms with van der Waals surface area (Å²) in [6.07, 6.45) is -2.11. The monoisotopic (exact) mass is 491 g/mol. The standard InChI is InChI=1S/C23H21F4N5OS/c24-16-3-1-2-4-18(16)34-22(5-6-22)19-12-17(30-21(31-19)32-7-9-33-10-8-32)14-13-29-20(28)11-15(14)23(25,26)27/h1-4,11-13H,5-10H2,(H2,28,29). The van der Waals surface area contributed by atoms with Gasteiger partial charge in [0.2, 0.25) is 5.95 Å². The predicted molar refractivity (Wildman–Crippen MR) is 121 cm³/mol. The second-order valence-electron chi connectivity index (χ2n) is 8.22. The fourth-order valence-electron chi connectivity index (χ4n) is 3.88. The van der Waals surface area contributed by atoms with Crippen LogP contribution in [0.4, 0.5) is 29.3 Å². The van der Waals surface area contributed by atoms with E-state index in [2.05, 4.69) is 9.97 Å². The highest BCUT2D eigenvalue weighted by atomic mass is 32.2. The van der Waals surface area contributed by atoms with Gasteiger partial charge in [0.25, 0.3) is 0 Å². The molecule has 1 aromatic carbocycles. The number of benzene rings is 1. The Bertz CT molecular complexity index is 1210. The van der Waals surface area contributed by atoms with Gasteiger partial charge < -0.3 is 15.4 Å². The average molecular weight is 492 g/mol. The molecular weight excluding hydrogens is 470 g/mol. The third-order valence-electron chi connectivity index (χ3n) is 5.83. The van der Waals surface area contributed by atoms with Gasteiger partial charge in [-0.15, -0.1) is 11.8 Å². The number of nitrogens with zero attached hydrogens (tertiary/aromatic N) is 4. The summed E-state index contributed by atoms with van der Waals surface area (Å²) in [4.78, 5) is 15.5. The van der Waals surface area contributed by atoms with Crippen molar-refractivity contribution in [3.05, 3.63) is 59.7 Å². The van der Waals surface area contributed by atoms with Crippen LogP contribution in [0.25, 0.3) is 11.3 Å². The van der Waals surface area contributed by atoms with Gasteiger partial charge in [0.05, 0.1) is 34.9 Å². The summed E-state index contributed by atoms with van der Waals surface area (Å²) >= 11 is 1.34. The lowest BCUT2D eigenvalue weighted by Gasteiger charge is -2.28. The highest BCUT2D eigenvalue weighted by Crippen LogP contribution is 2.59. The molecule has 5 rings (SSSR count). The molecule has 1 aliphatic heterocycles. The van der Waals surface area contributed by atoms with E-state index in [1.54, 1.807) is 24.3 Å².